The van der Waals surface area contributed by atoms with Crippen LogP contribution in [0, 0.1) is 10.1 Å². The van der Waals surface area contributed by atoms with Gasteiger partial charge in [-0.05, 0) is 55.0 Å². The molecule has 0 saturated heterocycles. The summed E-state index contributed by atoms with van der Waals surface area (Å²) in [5.74, 6) is -2.12. The number of methoxy groups -OCH3 is 1. The molecule has 0 aromatic heterocycles. The SMILES string of the molecule is COc1ccc(C(=O)COC(=O)CCCC(=O)Nc2ccc(C(=O)OCC(=O)c3cccc([N+](=O)[O-])c3)cc2)cc1. The molecule has 12 heteroatoms. The highest BCUT2D eigenvalue weighted by Crippen LogP contribution is 2.15. The normalized spacial score (nSPS) is 10.3. The average Bonchev–Trinajstić information content (AvgIpc) is 2.98. The van der Waals surface area contributed by atoms with Crippen LogP contribution in [0.4, 0.5) is 11.4 Å². The second-order valence-electron chi connectivity index (χ2n) is 8.60. The van der Waals surface area contributed by atoms with Crippen LogP contribution >= 0.6 is 0 Å². The van der Waals surface area contributed by atoms with Gasteiger partial charge < -0.3 is 19.5 Å². The van der Waals surface area contributed by atoms with Crippen LogP contribution in [-0.2, 0) is 19.1 Å². The molecule has 1 N–H and O–H groups in total. The fraction of sp³-hybridized carbons (Fsp3) is 0.207. The second kappa shape index (κ2) is 14.7. The van der Waals surface area contributed by atoms with Gasteiger partial charge in [0.15, 0.2) is 19.0 Å². The van der Waals surface area contributed by atoms with E-state index < -0.39 is 35.9 Å². The second-order valence-corrected chi connectivity index (χ2v) is 8.60. The van der Waals surface area contributed by atoms with Crippen molar-refractivity contribution in [3.8, 4) is 5.75 Å². The minimum absolute atomic E-state index is 0.0189. The number of amides is 1. The molecule has 0 aliphatic carbocycles. The number of nitrogens with zero attached hydrogens (tertiary/aromatic N) is 1. The number of carbonyl (C=O) groups is 5. The molecule has 0 saturated carbocycles. The molecule has 0 aliphatic rings. The summed E-state index contributed by atoms with van der Waals surface area (Å²) in [7, 11) is 1.51. The lowest BCUT2D eigenvalue weighted by molar-refractivity contribution is -0.384. The van der Waals surface area contributed by atoms with Gasteiger partial charge in [-0.2, -0.15) is 0 Å². The van der Waals surface area contributed by atoms with E-state index in [1.165, 1.54) is 49.6 Å². The number of nitro groups is 1. The van der Waals surface area contributed by atoms with Crippen LogP contribution in [0.15, 0.2) is 72.8 Å². The van der Waals surface area contributed by atoms with E-state index in [1.54, 1.807) is 24.3 Å². The summed E-state index contributed by atoms with van der Waals surface area (Å²) in [4.78, 5) is 70.9. The van der Waals surface area contributed by atoms with Gasteiger partial charge in [-0.1, -0.05) is 12.1 Å². The lowest BCUT2D eigenvalue weighted by Gasteiger charge is -2.08. The Morgan fingerprint density at radius 3 is 2.07 bits per heavy atom. The third-order valence-corrected chi connectivity index (χ3v) is 5.68. The zero-order valence-corrected chi connectivity index (χ0v) is 22.0. The third kappa shape index (κ3) is 9.39. The maximum absolute atomic E-state index is 12.3. The first-order valence-electron chi connectivity index (χ1n) is 12.3. The number of nitro benzene ring substituents is 1. The maximum Gasteiger partial charge on any atom is 0.338 e. The number of ketones is 2. The smallest absolute Gasteiger partial charge is 0.338 e. The average molecular weight is 563 g/mol. The van der Waals surface area contributed by atoms with Gasteiger partial charge in [-0.15, -0.1) is 0 Å². The summed E-state index contributed by atoms with van der Waals surface area (Å²) in [6.45, 7) is -1.01. The number of non-ortho nitro benzene ring substituents is 1. The summed E-state index contributed by atoms with van der Waals surface area (Å²) in [6, 6.07) is 17.2. The Balaban J connectivity index is 1.36. The lowest BCUT2D eigenvalue weighted by Crippen LogP contribution is -2.16. The Morgan fingerprint density at radius 2 is 1.41 bits per heavy atom. The van der Waals surface area contributed by atoms with Crippen molar-refractivity contribution in [1.29, 1.82) is 0 Å². The van der Waals surface area contributed by atoms with E-state index in [2.05, 4.69) is 5.32 Å². The summed E-state index contributed by atoms with van der Waals surface area (Å²) in [5, 5.41) is 13.5. The molecule has 0 atom stereocenters. The minimum atomic E-state index is -0.786. The zero-order valence-electron chi connectivity index (χ0n) is 22.0. The van der Waals surface area contributed by atoms with Gasteiger partial charge in [0.2, 0.25) is 11.7 Å². The third-order valence-electron chi connectivity index (χ3n) is 5.68. The molecule has 0 fully saturated rings. The Labute approximate surface area is 234 Å². The fourth-order valence-corrected chi connectivity index (χ4v) is 3.48. The summed E-state index contributed by atoms with van der Waals surface area (Å²) < 4.78 is 15.0. The van der Waals surface area contributed by atoms with Crippen molar-refractivity contribution in [2.24, 2.45) is 0 Å². The monoisotopic (exact) mass is 562 g/mol. The van der Waals surface area contributed by atoms with Crippen molar-refractivity contribution < 1.29 is 43.1 Å². The molecule has 41 heavy (non-hydrogen) atoms. The lowest BCUT2D eigenvalue weighted by atomic mass is 10.1. The van der Waals surface area contributed by atoms with Crippen molar-refractivity contribution in [1.82, 2.24) is 0 Å². The summed E-state index contributed by atoms with van der Waals surface area (Å²) in [5.41, 5.74) is 0.692. The van der Waals surface area contributed by atoms with Crippen LogP contribution in [-0.4, -0.2) is 54.7 Å². The molecule has 0 aliphatic heterocycles. The number of Topliss-reactive ketones (excluding diaryl/α,β-unsaturated/α-hetero) is 2. The molecular formula is C29H26N2O10. The number of ether oxygens (including phenoxy) is 3. The molecule has 0 unspecified atom stereocenters. The number of hydrogen-bond acceptors (Lipinski definition) is 10. The van der Waals surface area contributed by atoms with Crippen molar-refractivity contribution in [2.45, 2.75) is 19.3 Å². The summed E-state index contributed by atoms with van der Waals surface area (Å²) in [6.07, 6.45) is 0.165. The number of hydrogen-bond donors (Lipinski definition) is 1. The van der Waals surface area contributed by atoms with E-state index in [9.17, 15) is 34.1 Å². The van der Waals surface area contributed by atoms with Crippen molar-refractivity contribution in [3.05, 3.63) is 99.6 Å². The molecule has 3 aromatic rings. The Bertz CT molecular complexity index is 1430. The fourth-order valence-electron chi connectivity index (χ4n) is 3.48. The first-order valence-corrected chi connectivity index (χ1v) is 12.3. The number of rotatable bonds is 14. The molecule has 0 spiro atoms. The topological polar surface area (TPSA) is 168 Å². The van der Waals surface area contributed by atoms with E-state index in [0.717, 1.165) is 6.07 Å². The Hall–Kier alpha value is -5.39. The van der Waals surface area contributed by atoms with Gasteiger partial charge in [-0.3, -0.25) is 29.3 Å². The molecule has 3 rings (SSSR count). The van der Waals surface area contributed by atoms with Crippen LogP contribution in [0.5, 0.6) is 5.75 Å². The van der Waals surface area contributed by atoms with E-state index in [-0.39, 0.29) is 47.8 Å². The first-order chi connectivity index (χ1) is 19.7. The Morgan fingerprint density at radius 1 is 0.780 bits per heavy atom. The molecule has 0 bridgehead atoms. The van der Waals surface area contributed by atoms with Crippen LogP contribution < -0.4 is 10.1 Å². The standard InChI is InChI=1S/C29H26N2O10/c1-39-24-14-10-19(11-15-24)25(32)17-40-28(35)7-3-6-27(34)30-22-12-8-20(9-13-22)29(36)41-18-26(33)21-4-2-5-23(16-21)31(37)38/h2,4-5,8-16H,3,6-7,17-18H2,1H3,(H,30,34). The molecule has 3 aromatic carbocycles. The van der Waals surface area contributed by atoms with Gasteiger partial charge in [-0.25, -0.2) is 4.79 Å². The number of carbonyl (C=O) groups excluding carboxylic acids is 5. The predicted molar refractivity (Wildman–Crippen MR) is 145 cm³/mol. The van der Waals surface area contributed by atoms with E-state index in [0.29, 0.717) is 17.0 Å². The highest BCUT2D eigenvalue weighted by molar-refractivity contribution is 6.00. The van der Waals surface area contributed by atoms with E-state index >= 15 is 0 Å². The highest BCUT2D eigenvalue weighted by Gasteiger charge is 2.15. The molecule has 0 heterocycles. The number of benzene rings is 3. The van der Waals surface area contributed by atoms with Gasteiger partial charge >= 0.3 is 11.9 Å². The maximum atomic E-state index is 12.3. The molecule has 212 valence electrons. The zero-order chi connectivity index (χ0) is 29.8. The molecule has 1 amide bonds. The predicted octanol–water partition coefficient (Wildman–Crippen LogP) is 4.18. The van der Waals surface area contributed by atoms with Crippen LogP contribution in [0.2, 0.25) is 0 Å². The van der Waals surface area contributed by atoms with Gasteiger partial charge in [0, 0.05) is 41.8 Å². The Kier molecular flexibility index (Phi) is 10.8. The van der Waals surface area contributed by atoms with Crippen LogP contribution in [0.1, 0.15) is 50.3 Å². The molecule has 12 nitrogen and oxygen atoms in total. The quantitative estimate of drug-likeness (QED) is 0.130. The van der Waals surface area contributed by atoms with Crippen LogP contribution in [0.3, 0.4) is 0 Å². The molecule has 0 radical (unpaired) electrons. The first kappa shape index (κ1) is 30.2. The van der Waals surface area contributed by atoms with Gasteiger partial charge in [0.1, 0.15) is 5.75 Å². The largest absolute Gasteiger partial charge is 0.497 e. The van der Waals surface area contributed by atoms with Crippen LogP contribution in [0.25, 0.3) is 0 Å². The minimum Gasteiger partial charge on any atom is -0.497 e. The number of anilines is 1. The highest BCUT2D eigenvalue weighted by atomic mass is 16.6. The number of nitrogens with one attached hydrogen (secondary N) is 1. The van der Waals surface area contributed by atoms with Crippen molar-refractivity contribution in [3.63, 3.8) is 0 Å². The number of esters is 2. The van der Waals surface area contributed by atoms with Crippen molar-refractivity contribution in [2.75, 3.05) is 25.6 Å². The van der Waals surface area contributed by atoms with E-state index in [4.69, 9.17) is 14.2 Å². The van der Waals surface area contributed by atoms with Gasteiger partial charge in [0.25, 0.3) is 5.69 Å². The molecular weight excluding hydrogens is 536 g/mol. The van der Waals surface area contributed by atoms with Gasteiger partial charge in [0.05, 0.1) is 17.6 Å². The van der Waals surface area contributed by atoms with E-state index in [1.807, 2.05) is 0 Å². The van der Waals surface area contributed by atoms with Crippen molar-refractivity contribution >= 4 is 40.8 Å². The summed E-state index contributed by atoms with van der Waals surface area (Å²) >= 11 is 0.